The first-order chi connectivity index (χ1) is 9.56. The van der Waals surface area contributed by atoms with E-state index >= 15 is 0 Å². The number of ketones is 1. The highest BCUT2D eigenvalue weighted by Crippen LogP contribution is 2.25. The number of carbonyl (C=O) groups is 1. The van der Waals surface area contributed by atoms with Crippen LogP contribution in [0.1, 0.15) is 21.5 Å². The Morgan fingerprint density at radius 3 is 2.40 bits per heavy atom. The van der Waals surface area contributed by atoms with Gasteiger partial charge in [-0.3, -0.25) is 4.79 Å². The molecule has 0 saturated carbocycles. The minimum atomic E-state index is -0.132. The molecule has 0 saturated heterocycles. The van der Waals surface area contributed by atoms with Crippen LogP contribution in [-0.2, 0) is 0 Å². The van der Waals surface area contributed by atoms with Gasteiger partial charge in [0.25, 0.3) is 0 Å². The highest BCUT2D eigenvalue weighted by molar-refractivity contribution is 6.12. The molecule has 0 amide bonds. The van der Waals surface area contributed by atoms with E-state index in [0.717, 1.165) is 11.3 Å². The molecule has 0 unspecified atom stereocenters. The number of rotatable bonds is 4. The van der Waals surface area contributed by atoms with E-state index in [1.54, 1.807) is 50.6 Å². The zero-order valence-electron chi connectivity index (χ0n) is 11.8. The van der Waals surface area contributed by atoms with Crippen molar-refractivity contribution in [3.8, 4) is 11.5 Å². The fraction of sp³-hybridized carbons (Fsp3) is 0.188. The number of ether oxygens (including phenoxy) is 2. The predicted molar refractivity (Wildman–Crippen MR) is 78.6 cm³/mol. The Morgan fingerprint density at radius 2 is 1.80 bits per heavy atom. The first-order valence-corrected chi connectivity index (χ1v) is 6.19. The summed E-state index contributed by atoms with van der Waals surface area (Å²) in [5.74, 6) is 1.22. The van der Waals surface area contributed by atoms with E-state index in [0.29, 0.717) is 22.6 Å². The highest BCUT2D eigenvalue weighted by atomic mass is 16.5. The molecule has 4 heteroatoms. The van der Waals surface area contributed by atoms with Gasteiger partial charge in [-0.05, 0) is 48.9 Å². The van der Waals surface area contributed by atoms with E-state index in [9.17, 15) is 4.79 Å². The van der Waals surface area contributed by atoms with Crippen molar-refractivity contribution < 1.29 is 14.3 Å². The molecule has 0 heterocycles. The Bertz CT molecular complexity index is 650. The number of methoxy groups -OCH3 is 2. The maximum absolute atomic E-state index is 12.5. The Kier molecular flexibility index (Phi) is 3.94. The number of hydrogen-bond acceptors (Lipinski definition) is 4. The van der Waals surface area contributed by atoms with Crippen LogP contribution in [0.4, 0.5) is 5.69 Å². The van der Waals surface area contributed by atoms with Gasteiger partial charge < -0.3 is 15.2 Å². The molecule has 2 aromatic carbocycles. The van der Waals surface area contributed by atoms with Gasteiger partial charge in [0.1, 0.15) is 11.5 Å². The summed E-state index contributed by atoms with van der Waals surface area (Å²) in [5.41, 5.74) is 8.22. The normalized spacial score (nSPS) is 10.2. The van der Waals surface area contributed by atoms with Gasteiger partial charge >= 0.3 is 0 Å². The Morgan fingerprint density at radius 1 is 1.05 bits per heavy atom. The van der Waals surface area contributed by atoms with Crippen molar-refractivity contribution in [3.05, 3.63) is 53.1 Å². The van der Waals surface area contributed by atoms with Gasteiger partial charge in [-0.2, -0.15) is 0 Å². The van der Waals surface area contributed by atoms with Gasteiger partial charge in [0, 0.05) is 16.8 Å². The Balaban J connectivity index is 2.43. The predicted octanol–water partition coefficient (Wildman–Crippen LogP) is 2.83. The summed E-state index contributed by atoms with van der Waals surface area (Å²) in [4.78, 5) is 12.5. The van der Waals surface area contributed by atoms with E-state index in [1.807, 2.05) is 6.92 Å². The van der Waals surface area contributed by atoms with Crippen molar-refractivity contribution in [2.45, 2.75) is 6.92 Å². The topological polar surface area (TPSA) is 61.5 Å². The van der Waals surface area contributed by atoms with Gasteiger partial charge in [-0.15, -0.1) is 0 Å². The van der Waals surface area contributed by atoms with Crippen LogP contribution >= 0.6 is 0 Å². The minimum Gasteiger partial charge on any atom is -0.497 e. The number of hydrogen-bond donors (Lipinski definition) is 1. The molecule has 4 nitrogen and oxygen atoms in total. The molecule has 2 rings (SSSR count). The number of nitrogens with two attached hydrogens (primary N) is 1. The Labute approximate surface area is 118 Å². The second kappa shape index (κ2) is 5.65. The molecule has 0 aliphatic rings. The third-order valence-electron chi connectivity index (χ3n) is 3.16. The summed E-state index contributed by atoms with van der Waals surface area (Å²) in [6.45, 7) is 1.89. The van der Waals surface area contributed by atoms with Gasteiger partial charge in [-0.1, -0.05) is 0 Å². The molecule has 0 aromatic heterocycles. The number of carbonyl (C=O) groups excluding carboxylic acids is 1. The van der Waals surface area contributed by atoms with Crippen molar-refractivity contribution in [2.75, 3.05) is 20.0 Å². The zero-order chi connectivity index (χ0) is 14.7. The zero-order valence-corrected chi connectivity index (χ0v) is 11.8. The van der Waals surface area contributed by atoms with E-state index in [4.69, 9.17) is 15.2 Å². The molecule has 2 N–H and O–H groups in total. The van der Waals surface area contributed by atoms with E-state index < -0.39 is 0 Å². The average Bonchev–Trinajstić information content (AvgIpc) is 2.47. The first kappa shape index (κ1) is 13.9. The monoisotopic (exact) mass is 271 g/mol. The smallest absolute Gasteiger partial charge is 0.195 e. The Hall–Kier alpha value is -2.49. The van der Waals surface area contributed by atoms with Crippen LogP contribution in [0.2, 0.25) is 0 Å². The van der Waals surface area contributed by atoms with Crippen LogP contribution in [0.5, 0.6) is 11.5 Å². The summed E-state index contributed by atoms with van der Waals surface area (Å²) in [5, 5.41) is 0. The highest BCUT2D eigenvalue weighted by Gasteiger charge is 2.14. The van der Waals surface area contributed by atoms with Gasteiger partial charge in [-0.25, -0.2) is 0 Å². The molecule has 2 aromatic rings. The third kappa shape index (κ3) is 2.59. The number of aryl methyl sites for hydroxylation is 1. The molecule has 0 bridgehead atoms. The largest absolute Gasteiger partial charge is 0.497 e. The van der Waals surface area contributed by atoms with E-state index in [-0.39, 0.29) is 5.78 Å². The molecule has 0 aliphatic heterocycles. The molecule has 0 spiro atoms. The lowest BCUT2D eigenvalue weighted by Crippen LogP contribution is -2.06. The fourth-order valence-corrected chi connectivity index (χ4v) is 2.03. The summed E-state index contributed by atoms with van der Waals surface area (Å²) in [7, 11) is 3.15. The lowest BCUT2D eigenvalue weighted by molar-refractivity contribution is 0.103. The molecule has 0 fully saturated rings. The summed E-state index contributed by atoms with van der Waals surface area (Å²) >= 11 is 0. The number of benzene rings is 2. The second-order valence-corrected chi connectivity index (χ2v) is 4.47. The molecule has 0 atom stereocenters. The summed E-state index contributed by atoms with van der Waals surface area (Å²) < 4.78 is 10.3. The summed E-state index contributed by atoms with van der Waals surface area (Å²) in [6.07, 6.45) is 0. The van der Waals surface area contributed by atoms with Crippen molar-refractivity contribution >= 4 is 11.5 Å². The van der Waals surface area contributed by atoms with Crippen molar-refractivity contribution in [3.63, 3.8) is 0 Å². The van der Waals surface area contributed by atoms with Gasteiger partial charge in [0.15, 0.2) is 5.78 Å². The lowest BCUT2D eigenvalue weighted by atomic mass is 9.99. The maximum atomic E-state index is 12.5. The standard InChI is InChI=1S/C16H17NO3/c1-10-8-11(4-7-15(10)20-3)16(18)13-9-12(19-2)5-6-14(13)17/h4-9H,17H2,1-3H3. The summed E-state index contributed by atoms with van der Waals surface area (Å²) in [6, 6.07) is 10.3. The second-order valence-electron chi connectivity index (χ2n) is 4.47. The lowest BCUT2D eigenvalue weighted by Gasteiger charge is -2.09. The van der Waals surface area contributed by atoms with Gasteiger partial charge in [0.05, 0.1) is 14.2 Å². The van der Waals surface area contributed by atoms with E-state index in [1.165, 1.54) is 0 Å². The minimum absolute atomic E-state index is 0.132. The van der Waals surface area contributed by atoms with Crippen molar-refractivity contribution in [1.82, 2.24) is 0 Å². The molecule has 20 heavy (non-hydrogen) atoms. The molecule has 0 aliphatic carbocycles. The average molecular weight is 271 g/mol. The quantitative estimate of drug-likeness (QED) is 0.686. The molecule has 104 valence electrons. The molecular formula is C16H17NO3. The third-order valence-corrected chi connectivity index (χ3v) is 3.16. The fourth-order valence-electron chi connectivity index (χ4n) is 2.03. The van der Waals surface area contributed by atoms with E-state index in [2.05, 4.69) is 0 Å². The van der Waals surface area contributed by atoms with Crippen molar-refractivity contribution in [2.24, 2.45) is 0 Å². The number of anilines is 1. The molecular weight excluding hydrogens is 254 g/mol. The van der Waals surface area contributed by atoms with Crippen LogP contribution in [0.25, 0.3) is 0 Å². The number of nitrogen functional groups attached to an aromatic ring is 1. The first-order valence-electron chi connectivity index (χ1n) is 6.19. The van der Waals surface area contributed by atoms with Crippen molar-refractivity contribution in [1.29, 1.82) is 0 Å². The van der Waals surface area contributed by atoms with Crippen LogP contribution < -0.4 is 15.2 Å². The molecule has 0 radical (unpaired) electrons. The van der Waals surface area contributed by atoms with Crippen LogP contribution in [0.3, 0.4) is 0 Å². The SMILES string of the molecule is COc1ccc(N)c(C(=O)c2ccc(OC)c(C)c2)c1. The van der Waals surface area contributed by atoms with Crippen LogP contribution in [0.15, 0.2) is 36.4 Å². The van der Waals surface area contributed by atoms with Crippen LogP contribution in [-0.4, -0.2) is 20.0 Å². The van der Waals surface area contributed by atoms with Gasteiger partial charge in [0.2, 0.25) is 0 Å². The maximum Gasteiger partial charge on any atom is 0.195 e. The van der Waals surface area contributed by atoms with Crippen LogP contribution in [0, 0.1) is 6.92 Å².